The molecule has 0 bridgehead atoms. The maximum Gasteiger partial charge on any atom is 0.300 e. The fraction of sp³-hybridized carbons (Fsp3) is 0.667. The first-order chi connectivity index (χ1) is 12.9. The van der Waals surface area contributed by atoms with E-state index in [1.807, 2.05) is 12.1 Å². The SMILES string of the molecule is CC1(C2CC2)Cc2cc(N(O)I=O)c(N3CCN(CC(F)F)CC3)cc2O1. The summed E-state index contributed by atoms with van der Waals surface area (Å²) in [6.45, 7) is 4.11. The third-order valence-corrected chi connectivity index (χ3v) is 6.75. The van der Waals surface area contributed by atoms with Gasteiger partial charge in [0, 0.05) is 44.2 Å². The van der Waals surface area contributed by atoms with Gasteiger partial charge >= 0.3 is 0 Å². The largest absolute Gasteiger partial charge is 0.487 e. The minimum atomic E-state index is -2.33. The van der Waals surface area contributed by atoms with E-state index in [2.05, 4.69) is 11.8 Å². The van der Waals surface area contributed by atoms with Gasteiger partial charge in [0.1, 0.15) is 17.0 Å². The number of rotatable bonds is 6. The van der Waals surface area contributed by atoms with E-state index in [1.54, 1.807) is 4.90 Å². The van der Waals surface area contributed by atoms with Gasteiger partial charge in [-0.15, -0.1) is 0 Å². The van der Waals surface area contributed by atoms with Gasteiger partial charge in [-0.3, -0.25) is 10.1 Å². The highest BCUT2D eigenvalue weighted by atomic mass is 127. The van der Waals surface area contributed by atoms with E-state index >= 15 is 0 Å². The average Bonchev–Trinajstić information content (AvgIpc) is 3.44. The van der Waals surface area contributed by atoms with Crippen molar-refractivity contribution in [1.29, 1.82) is 0 Å². The molecule has 1 aromatic carbocycles. The molecule has 0 aromatic heterocycles. The van der Waals surface area contributed by atoms with Crippen LogP contribution in [0.3, 0.4) is 0 Å². The summed E-state index contributed by atoms with van der Waals surface area (Å²) in [7, 11) is 0. The van der Waals surface area contributed by atoms with Crippen LogP contribution in [0.5, 0.6) is 5.75 Å². The van der Waals surface area contributed by atoms with Crippen LogP contribution in [-0.4, -0.2) is 54.9 Å². The quantitative estimate of drug-likeness (QED) is 0.370. The smallest absolute Gasteiger partial charge is 0.300 e. The highest BCUT2D eigenvalue weighted by Gasteiger charge is 2.48. The molecule has 1 N–H and O–H groups in total. The van der Waals surface area contributed by atoms with Crippen LogP contribution in [0, 0.1) is 5.92 Å². The van der Waals surface area contributed by atoms with Gasteiger partial charge in [0.05, 0.1) is 12.2 Å². The standard InChI is InChI=1S/C18H24F2IN3O3/c1-18(13-2-3-13)10-12-8-15(24(26)21-25)14(9-16(12)27-18)23-6-4-22(5-7-23)11-17(19)20/h8-9,13,17,26H,2-7,10-11H2,1H3. The van der Waals surface area contributed by atoms with E-state index in [1.165, 1.54) is 12.8 Å². The van der Waals surface area contributed by atoms with Gasteiger partial charge in [-0.25, -0.2) is 11.8 Å². The molecule has 1 unspecified atom stereocenters. The van der Waals surface area contributed by atoms with E-state index in [9.17, 15) is 17.1 Å². The van der Waals surface area contributed by atoms with Crippen molar-refractivity contribution in [3.05, 3.63) is 17.7 Å². The maximum absolute atomic E-state index is 12.6. The van der Waals surface area contributed by atoms with Crippen LogP contribution in [0.4, 0.5) is 20.2 Å². The van der Waals surface area contributed by atoms with E-state index in [0.717, 1.165) is 26.7 Å². The Morgan fingerprint density at radius 3 is 2.63 bits per heavy atom. The summed E-state index contributed by atoms with van der Waals surface area (Å²) in [4.78, 5) is 3.79. The molecule has 2 heterocycles. The number of piperazine rings is 1. The molecule has 0 spiro atoms. The van der Waals surface area contributed by atoms with E-state index in [0.29, 0.717) is 37.8 Å². The molecule has 1 saturated heterocycles. The molecule has 6 nitrogen and oxygen atoms in total. The van der Waals surface area contributed by atoms with Crippen LogP contribution in [-0.2, 0) is 9.49 Å². The maximum atomic E-state index is 12.6. The molecule has 4 rings (SSSR count). The summed E-state index contributed by atoms with van der Waals surface area (Å²) in [6, 6.07) is 3.80. The van der Waals surface area contributed by atoms with Crippen molar-refractivity contribution in [2.45, 2.75) is 38.2 Å². The van der Waals surface area contributed by atoms with E-state index in [-0.39, 0.29) is 12.1 Å². The fourth-order valence-corrected chi connectivity index (χ4v) is 4.82. The highest BCUT2D eigenvalue weighted by Crippen LogP contribution is 2.51. The molecular formula is C18H24F2IN3O3. The Balaban J connectivity index is 1.58. The van der Waals surface area contributed by atoms with Gasteiger partial charge in [-0.05, 0) is 31.7 Å². The van der Waals surface area contributed by atoms with Gasteiger partial charge in [-0.2, -0.15) is 3.28 Å². The zero-order valence-electron chi connectivity index (χ0n) is 15.2. The molecule has 1 atom stereocenters. The first kappa shape index (κ1) is 19.3. The van der Waals surface area contributed by atoms with Crippen molar-refractivity contribution < 1.29 is 21.8 Å². The Kier molecular flexibility index (Phi) is 5.28. The van der Waals surface area contributed by atoms with Crippen molar-refractivity contribution in [2.24, 2.45) is 5.92 Å². The summed E-state index contributed by atoms with van der Waals surface area (Å²) in [6.07, 6.45) is 0.801. The van der Waals surface area contributed by atoms with Crippen molar-refractivity contribution in [3.8, 4) is 5.75 Å². The first-order valence-corrected chi connectivity index (χ1v) is 11.1. The predicted molar refractivity (Wildman–Crippen MR) is 106 cm³/mol. The number of alkyl halides is 2. The molecule has 150 valence electrons. The number of nitrogens with zero attached hydrogens (tertiary/aromatic N) is 3. The summed E-state index contributed by atoms with van der Waals surface area (Å²) >= 11 is -1.76. The Morgan fingerprint density at radius 1 is 1.33 bits per heavy atom. The lowest BCUT2D eigenvalue weighted by Crippen LogP contribution is -2.48. The number of halogens is 3. The second-order valence-corrected chi connectivity index (χ2v) is 9.13. The van der Waals surface area contributed by atoms with Crippen molar-refractivity contribution in [3.63, 3.8) is 0 Å². The molecule has 1 aromatic rings. The number of fused-ring (bicyclic) bond motifs is 1. The molecule has 27 heavy (non-hydrogen) atoms. The van der Waals surface area contributed by atoms with Gasteiger partial charge < -0.3 is 9.64 Å². The molecule has 1 saturated carbocycles. The van der Waals surface area contributed by atoms with Gasteiger partial charge in [0.25, 0.3) is 27.9 Å². The average molecular weight is 495 g/mol. The second-order valence-electron chi connectivity index (χ2n) is 7.82. The Hall–Kier alpha value is -1.07. The second kappa shape index (κ2) is 7.40. The van der Waals surface area contributed by atoms with Crippen LogP contribution in [0.2, 0.25) is 0 Å². The predicted octanol–water partition coefficient (Wildman–Crippen LogP) is 3.60. The molecule has 9 heteroatoms. The zero-order valence-corrected chi connectivity index (χ0v) is 17.4. The Bertz CT molecular complexity index is 726. The molecule has 0 amide bonds. The summed E-state index contributed by atoms with van der Waals surface area (Å²) in [5.74, 6) is 1.38. The summed E-state index contributed by atoms with van der Waals surface area (Å²) in [5, 5.41) is 10.2. The van der Waals surface area contributed by atoms with Crippen LogP contribution < -0.4 is 12.9 Å². The van der Waals surface area contributed by atoms with Gasteiger partial charge in [-0.1, -0.05) is 0 Å². The van der Waals surface area contributed by atoms with Crippen LogP contribution in [0.1, 0.15) is 25.3 Å². The van der Waals surface area contributed by atoms with Crippen molar-refractivity contribution in [2.75, 3.05) is 40.9 Å². The Morgan fingerprint density at radius 2 is 2.04 bits per heavy atom. The zero-order chi connectivity index (χ0) is 19.2. The molecule has 2 fully saturated rings. The highest BCUT2D eigenvalue weighted by molar-refractivity contribution is 14.1. The summed E-state index contributed by atoms with van der Waals surface area (Å²) in [5.41, 5.74) is 2.09. The summed E-state index contributed by atoms with van der Waals surface area (Å²) < 4.78 is 43.8. The topological polar surface area (TPSA) is 56.2 Å². The minimum absolute atomic E-state index is 0.207. The molecule has 1 aliphatic carbocycles. The number of anilines is 2. The normalized spacial score (nSPS) is 25.6. The first-order valence-electron chi connectivity index (χ1n) is 9.27. The van der Waals surface area contributed by atoms with Gasteiger partial charge in [0.2, 0.25) is 0 Å². The van der Waals surface area contributed by atoms with Crippen molar-refractivity contribution >= 4 is 32.8 Å². The van der Waals surface area contributed by atoms with Crippen LogP contribution in [0.15, 0.2) is 12.1 Å². The molecule has 3 aliphatic rings. The number of hydrogen-bond donors (Lipinski definition) is 1. The molecule has 2 aliphatic heterocycles. The Labute approximate surface area is 168 Å². The molecule has 0 radical (unpaired) electrons. The molecular weight excluding hydrogens is 471 g/mol. The third-order valence-electron chi connectivity index (χ3n) is 5.86. The monoisotopic (exact) mass is 495 g/mol. The lowest BCUT2D eigenvalue weighted by Gasteiger charge is -2.37. The van der Waals surface area contributed by atoms with Crippen LogP contribution in [0.25, 0.3) is 0 Å². The minimum Gasteiger partial charge on any atom is -0.487 e. The van der Waals surface area contributed by atoms with E-state index < -0.39 is 27.9 Å². The lowest BCUT2D eigenvalue weighted by atomic mass is 9.94. The fourth-order valence-electron chi connectivity index (χ4n) is 4.23. The lowest BCUT2D eigenvalue weighted by molar-refractivity contribution is 0.0854. The van der Waals surface area contributed by atoms with Gasteiger partial charge in [0.15, 0.2) is 0 Å². The third kappa shape index (κ3) is 3.91. The number of benzene rings is 1. The van der Waals surface area contributed by atoms with Crippen molar-refractivity contribution in [1.82, 2.24) is 4.90 Å². The number of ether oxygens (including phenoxy) is 1. The van der Waals surface area contributed by atoms with E-state index in [4.69, 9.17) is 4.74 Å². The number of hydrogen-bond acceptors (Lipinski definition) is 5. The van der Waals surface area contributed by atoms with Crippen LogP contribution >= 0.6 is 21.5 Å².